The van der Waals surface area contributed by atoms with Gasteiger partial charge >= 0.3 is 0 Å². The maximum Gasteiger partial charge on any atom is 0.244 e. The fraction of sp³-hybridized carbons (Fsp3) is 0.308. The van der Waals surface area contributed by atoms with E-state index in [4.69, 9.17) is 0 Å². The summed E-state index contributed by atoms with van der Waals surface area (Å²) in [5.41, 5.74) is 2.55. The van der Waals surface area contributed by atoms with Crippen LogP contribution in [-0.4, -0.2) is 37.0 Å². The Morgan fingerprint density at radius 2 is 2.00 bits per heavy atom. The number of hydrogen-bond donors (Lipinski definition) is 2. The first kappa shape index (κ1) is 14.5. The number of aromatic nitrogens is 2. The van der Waals surface area contributed by atoms with Crippen molar-refractivity contribution >= 4 is 15.7 Å². The second-order valence-electron chi connectivity index (χ2n) is 4.66. The Balaban J connectivity index is 2.28. The Hall–Kier alpha value is -1.86. The van der Waals surface area contributed by atoms with Gasteiger partial charge in [-0.15, -0.1) is 0 Å². The molecule has 0 unspecified atom stereocenters. The van der Waals surface area contributed by atoms with Crippen molar-refractivity contribution in [3.63, 3.8) is 0 Å². The highest BCUT2D eigenvalue weighted by molar-refractivity contribution is 7.89. The monoisotopic (exact) mass is 294 g/mol. The van der Waals surface area contributed by atoms with E-state index in [1.54, 1.807) is 30.5 Å². The summed E-state index contributed by atoms with van der Waals surface area (Å²) in [5, 5.41) is 9.95. The summed E-state index contributed by atoms with van der Waals surface area (Å²) < 4.78 is 25.7. The molecule has 7 heteroatoms. The first-order chi connectivity index (χ1) is 9.43. The quantitative estimate of drug-likeness (QED) is 0.877. The third-order valence-electron chi connectivity index (χ3n) is 3.05. The number of anilines is 1. The SMILES string of the molecule is Cc1[nH]ncc1CNc1ccccc1S(=O)(=O)N(C)C. The van der Waals surface area contributed by atoms with E-state index in [1.165, 1.54) is 18.4 Å². The van der Waals surface area contributed by atoms with Crippen LogP contribution >= 0.6 is 0 Å². The molecule has 0 bridgehead atoms. The van der Waals surface area contributed by atoms with E-state index >= 15 is 0 Å². The average Bonchev–Trinajstić information content (AvgIpc) is 2.82. The van der Waals surface area contributed by atoms with E-state index < -0.39 is 10.0 Å². The summed E-state index contributed by atoms with van der Waals surface area (Å²) >= 11 is 0. The molecule has 108 valence electrons. The Morgan fingerprint density at radius 3 is 2.60 bits per heavy atom. The van der Waals surface area contributed by atoms with Crippen LogP contribution in [0.3, 0.4) is 0 Å². The standard InChI is InChI=1S/C13H18N4O2S/c1-10-11(9-15-16-10)8-14-12-6-4-5-7-13(12)20(18,19)17(2)3/h4-7,9,14H,8H2,1-3H3,(H,15,16). The third kappa shape index (κ3) is 2.83. The van der Waals surface area contributed by atoms with Crippen molar-refractivity contribution in [1.29, 1.82) is 0 Å². The van der Waals surface area contributed by atoms with Crippen LogP contribution in [0.5, 0.6) is 0 Å². The lowest BCUT2D eigenvalue weighted by Crippen LogP contribution is -2.23. The van der Waals surface area contributed by atoms with Crippen LogP contribution in [0.25, 0.3) is 0 Å². The van der Waals surface area contributed by atoms with E-state index in [1.807, 2.05) is 6.92 Å². The Labute approximate surface area is 118 Å². The highest BCUT2D eigenvalue weighted by Gasteiger charge is 2.20. The molecule has 1 aromatic heterocycles. The zero-order valence-electron chi connectivity index (χ0n) is 11.7. The number of para-hydroxylation sites is 1. The molecule has 0 saturated carbocycles. The van der Waals surface area contributed by atoms with Gasteiger partial charge < -0.3 is 5.32 Å². The minimum absolute atomic E-state index is 0.270. The Kier molecular flexibility index (Phi) is 4.10. The number of H-pyrrole nitrogens is 1. The Morgan fingerprint density at radius 1 is 1.30 bits per heavy atom. The molecule has 0 amide bonds. The lowest BCUT2D eigenvalue weighted by atomic mass is 10.2. The Bertz CT molecular complexity index is 692. The predicted molar refractivity (Wildman–Crippen MR) is 78.0 cm³/mol. The normalized spacial score (nSPS) is 11.8. The molecule has 2 aromatic rings. The maximum atomic E-state index is 12.2. The molecule has 0 aliphatic rings. The van der Waals surface area contributed by atoms with Crippen molar-refractivity contribution in [3.8, 4) is 0 Å². The number of nitrogens with one attached hydrogen (secondary N) is 2. The summed E-state index contributed by atoms with van der Waals surface area (Å²) in [5.74, 6) is 0. The molecular weight excluding hydrogens is 276 g/mol. The number of aryl methyl sites for hydroxylation is 1. The highest BCUT2D eigenvalue weighted by atomic mass is 32.2. The van der Waals surface area contributed by atoms with Gasteiger partial charge in [0.1, 0.15) is 4.90 Å². The van der Waals surface area contributed by atoms with Crippen LogP contribution in [0, 0.1) is 6.92 Å². The van der Waals surface area contributed by atoms with E-state index in [2.05, 4.69) is 15.5 Å². The fourth-order valence-electron chi connectivity index (χ4n) is 1.78. The van der Waals surface area contributed by atoms with Crippen molar-refractivity contribution in [1.82, 2.24) is 14.5 Å². The van der Waals surface area contributed by atoms with E-state index in [0.29, 0.717) is 12.2 Å². The molecule has 0 fully saturated rings. The molecule has 1 aromatic carbocycles. The van der Waals surface area contributed by atoms with Crippen LogP contribution in [0.4, 0.5) is 5.69 Å². The van der Waals surface area contributed by atoms with E-state index in [9.17, 15) is 8.42 Å². The molecule has 0 aliphatic carbocycles. The third-order valence-corrected chi connectivity index (χ3v) is 4.92. The maximum absolute atomic E-state index is 12.2. The molecule has 0 spiro atoms. The fourth-order valence-corrected chi connectivity index (χ4v) is 2.84. The second kappa shape index (κ2) is 5.64. The van der Waals surface area contributed by atoms with E-state index in [0.717, 1.165) is 11.3 Å². The van der Waals surface area contributed by atoms with Crippen molar-refractivity contribution < 1.29 is 8.42 Å². The topological polar surface area (TPSA) is 78.1 Å². The van der Waals surface area contributed by atoms with Gasteiger partial charge in [0.25, 0.3) is 0 Å². The number of aromatic amines is 1. The van der Waals surface area contributed by atoms with Gasteiger partial charge in [-0.3, -0.25) is 5.10 Å². The second-order valence-corrected chi connectivity index (χ2v) is 6.78. The molecule has 0 radical (unpaired) electrons. The molecule has 0 aliphatic heterocycles. The number of sulfonamides is 1. The van der Waals surface area contributed by atoms with Crippen molar-refractivity contribution in [2.24, 2.45) is 0 Å². The number of rotatable bonds is 5. The van der Waals surface area contributed by atoms with E-state index in [-0.39, 0.29) is 4.90 Å². The highest BCUT2D eigenvalue weighted by Crippen LogP contribution is 2.23. The minimum atomic E-state index is -3.46. The van der Waals surface area contributed by atoms with Crippen LogP contribution < -0.4 is 5.32 Å². The van der Waals surface area contributed by atoms with Gasteiger partial charge in [0.2, 0.25) is 10.0 Å². The summed E-state index contributed by atoms with van der Waals surface area (Å²) in [6.45, 7) is 2.44. The number of hydrogen-bond acceptors (Lipinski definition) is 4. The largest absolute Gasteiger partial charge is 0.380 e. The van der Waals surface area contributed by atoms with Crippen molar-refractivity contribution in [3.05, 3.63) is 41.7 Å². The lowest BCUT2D eigenvalue weighted by molar-refractivity contribution is 0.521. The van der Waals surface area contributed by atoms with Crippen molar-refractivity contribution in [2.45, 2.75) is 18.4 Å². The van der Waals surface area contributed by atoms with Crippen LogP contribution in [0.2, 0.25) is 0 Å². The van der Waals surface area contributed by atoms with Crippen LogP contribution in [0.1, 0.15) is 11.3 Å². The lowest BCUT2D eigenvalue weighted by Gasteiger charge is -2.16. The molecule has 2 rings (SSSR count). The minimum Gasteiger partial charge on any atom is -0.380 e. The van der Waals surface area contributed by atoms with Gasteiger partial charge in [-0.2, -0.15) is 5.10 Å². The summed E-state index contributed by atoms with van der Waals surface area (Å²) in [7, 11) is -0.421. The number of benzene rings is 1. The number of nitrogens with zero attached hydrogens (tertiary/aromatic N) is 2. The van der Waals surface area contributed by atoms with Gasteiger partial charge in [0.05, 0.1) is 11.9 Å². The van der Waals surface area contributed by atoms with Gasteiger partial charge in [-0.05, 0) is 19.1 Å². The predicted octanol–water partition coefficient (Wildman–Crippen LogP) is 1.58. The summed E-state index contributed by atoms with van der Waals surface area (Å²) in [4.78, 5) is 0.270. The molecule has 0 saturated heterocycles. The molecule has 6 nitrogen and oxygen atoms in total. The molecule has 20 heavy (non-hydrogen) atoms. The zero-order valence-corrected chi connectivity index (χ0v) is 12.5. The van der Waals surface area contributed by atoms with Gasteiger partial charge in [0, 0.05) is 31.9 Å². The first-order valence-corrected chi connectivity index (χ1v) is 7.61. The smallest absolute Gasteiger partial charge is 0.244 e. The van der Waals surface area contributed by atoms with Gasteiger partial charge in [-0.1, -0.05) is 12.1 Å². The zero-order chi connectivity index (χ0) is 14.8. The summed E-state index contributed by atoms with van der Waals surface area (Å²) in [6.07, 6.45) is 1.73. The van der Waals surface area contributed by atoms with Crippen molar-refractivity contribution in [2.75, 3.05) is 19.4 Å². The molecular formula is C13H18N4O2S. The summed E-state index contributed by atoms with van der Waals surface area (Å²) in [6, 6.07) is 6.87. The van der Waals surface area contributed by atoms with Crippen LogP contribution in [-0.2, 0) is 16.6 Å². The molecule has 2 N–H and O–H groups in total. The molecule has 0 atom stereocenters. The first-order valence-electron chi connectivity index (χ1n) is 6.17. The van der Waals surface area contributed by atoms with Gasteiger partial charge in [-0.25, -0.2) is 12.7 Å². The average molecular weight is 294 g/mol. The molecule has 1 heterocycles. The van der Waals surface area contributed by atoms with Gasteiger partial charge in [0.15, 0.2) is 0 Å². The van der Waals surface area contributed by atoms with Crippen LogP contribution in [0.15, 0.2) is 35.4 Å².